The highest BCUT2D eigenvalue weighted by atomic mass is 16.3. The topological polar surface area (TPSA) is 78.2 Å². The van der Waals surface area contributed by atoms with E-state index in [1.807, 2.05) is 60.8 Å². The molecule has 0 amide bonds. The standard InChI is InChI=1S/C23H17N5O2/c1-16-25-20-11-6-5-10-19(20)23(29)28(16)24-14-17-15-27(18-8-3-2-4-9-18)26-22(17)21-12-7-13-30-21/h2-15H,1H3. The van der Waals surface area contributed by atoms with Gasteiger partial charge in [0.05, 0.1) is 29.1 Å². The van der Waals surface area contributed by atoms with E-state index in [4.69, 9.17) is 4.42 Å². The molecule has 7 heteroatoms. The van der Waals surface area contributed by atoms with Crippen LogP contribution in [-0.4, -0.2) is 25.7 Å². The lowest BCUT2D eigenvalue weighted by Gasteiger charge is -2.04. The number of benzene rings is 2. The molecule has 5 aromatic rings. The fourth-order valence-electron chi connectivity index (χ4n) is 3.29. The Morgan fingerprint density at radius 1 is 1.00 bits per heavy atom. The predicted octanol–water partition coefficient (Wildman–Crippen LogP) is 4.03. The van der Waals surface area contributed by atoms with Crippen LogP contribution in [0.25, 0.3) is 28.0 Å². The summed E-state index contributed by atoms with van der Waals surface area (Å²) in [5, 5.41) is 9.60. The molecule has 5 rings (SSSR count). The van der Waals surface area contributed by atoms with Crippen molar-refractivity contribution in [3.63, 3.8) is 0 Å². The van der Waals surface area contributed by atoms with E-state index in [0.717, 1.165) is 5.69 Å². The number of nitrogens with zero attached hydrogens (tertiary/aromatic N) is 5. The van der Waals surface area contributed by atoms with Crippen LogP contribution in [0.1, 0.15) is 11.4 Å². The summed E-state index contributed by atoms with van der Waals surface area (Å²) in [7, 11) is 0. The van der Waals surface area contributed by atoms with E-state index >= 15 is 0 Å². The third kappa shape index (κ3) is 3.12. The van der Waals surface area contributed by atoms with E-state index in [-0.39, 0.29) is 5.56 Å². The van der Waals surface area contributed by atoms with Crippen molar-refractivity contribution in [3.05, 3.63) is 101 Å². The van der Waals surface area contributed by atoms with Crippen LogP contribution in [0.3, 0.4) is 0 Å². The minimum Gasteiger partial charge on any atom is -0.463 e. The van der Waals surface area contributed by atoms with Crippen molar-refractivity contribution in [1.29, 1.82) is 0 Å². The molecule has 0 radical (unpaired) electrons. The molecule has 3 aromatic heterocycles. The summed E-state index contributed by atoms with van der Waals surface area (Å²) < 4.78 is 8.61. The zero-order chi connectivity index (χ0) is 20.5. The van der Waals surface area contributed by atoms with Crippen LogP contribution >= 0.6 is 0 Å². The first-order valence-electron chi connectivity index (χ1n) is 9.42. The smallest absolute Gasteiger partial charge is 0.282 e. The molecule has 7 nitrogen and oxygen atoms in total. The van der Waals surface area contributed by atoms with E-state index in [2.05, 4.69) is 15.2 Å². The third-order valence-electron chi connectivity index (χ3n) is 4.75. The van der Waals surface area contributed by atoms with Crippen LogP contribution in [0.4, 0.5) is 0 Å². The Balaban J connectivity index is 1.63. The Labute approximate surface area is 171 Å². The van der Waals surface area contributed by atoms with E-state index < -0.39 is 0 Å². The number of rotatable bonds is 4. The molecular formula is C23H17N5O2. The van der Waals surface area contributed by atoms with E-state index in [0.29, 0.717) is 33.7 Å². The molecule has 0 aliphatic carbocycles. The molecular weight excluding hydrogens is 378 g/mol. The van der Waals surface area contributed by atoms with Crippen molar-refractivity contribution in [2.75, 3.05) is 0 Å². The minimum atomic E-state index is -0.218. The van der Waals surface area contributed by atoms with Gasteiger partial charge in [-0.25, -0.2) is 9.67 Å². The molecule has 0 fully saturated rings. The maximum atomic E-state index is 12.9. The van der Waals surface area contributed by atoms with Gasteiger partial charge in [0, 0.05) is 11.8 Å². The van der Waals surface area contributed by atoms with Gasteiger partial charge in [-0.1, -0.05) is 30.3 Å². The molecule has 30 heavy (non-hydrogen) atoms. The first-order valence-corrected chi connectivity index (χ1v) is 9.42. The molecule has 0 spiro atoms. The van der Waals surface area contributed by atoms with Crippen LogP contribution in [0, 0.1) is 6.92 Å². The average molecular weight is 395 g/mol. The van der Waals surface area contributed by atoms with Gasteiger partial charge in [0.2, 0.25) is 0 Å². The summed E-state index contributed by atoms with van der Waals surface area (Å²) in [6.07, 6.45) is 5.06. The fourth-order valence-corrected chi connectivity index (χ4v) is 3.29. The molecule has 0 saturated heterocycles. The maximum absolute atomic E-state index is 12.9. The minimum absolute atomic E-state index is 0.218. The molecule has 0 unspecified atom stereocenters. The van der Waals surface area contributed by atoms with Crippen molar-refractivity contribution in [2.24, 2.45) is 5.10 Å². The van der Waals surface area contributed by atoms with Crippen LogP contribution < -0.4 is 5.56 Å². The number of hydrogen-bond donors (Lipinski definition) is 0. The number of furan rings is 1. The van der Waals surface area contributed by atoms with Crippen LogP contribution in [-0.2, 0) is 0 Å². The highest BCUT2D eigenvalue weighted by Gasteiger charge is 2.14. The highest BCUT2D eigenvalue weighted by molar-refractivity contribution is 5.87. The second kappa shape index (κ2) is 7.29. The van der Waals surface area contributed by atoms with E-state index in [9.17, 15) is 4.79 Å². The Morgan fingerprint density at radius 3 is 2.60 bits per heavy atom. The number of aryl methyl sites for hydroxylation is 1. The Morgan fingerprint density at radius 2 is 1.80 bits per heavy atom. The Bertz CT molecular complexity index is 1410. The van der Waals surface area contributed by atoms with Gasteiger partial charge in [-0.05, 0) is 43.3 Å². The van der Waals surface area contributed by atoms with Gasteiger partial charge in [-0.3, -0.25) is 4.79 Å². The van der Waals surface area contributed by atoms with Crippen molar-refractivity contribution in [3.8, 4) is 17.1 Å². The van der Waals surface area contributed by atoms with Crippen LogP contribution in [0.15, 0.2) is 93.5 Å². The van der Waals surface area contributed by atoms with Crippen LogP contribution in [0.5, 0.6) is 0 Å². The van der Waals surface area contributed by atoms with Crippen molar-refractivity contribution < 1.29 is 4.42 Å². The Hall–Kier alpha value is -4.26. The van der Waals surface area contributed by atoms with Gasteiger partial charge in [-0.2, -0.15) is 14.9 Å². The van der Waals surface area contributed by atoms with Gasteiger partial charge in [-0.15, -0.1) is 0 Å². The molecule has 0 aliphatic heterocycles. The normalized spacial score (nSPS) is 11.5. The lowest BCUT2D eigenvalue weighted by molar-refractivity contribution is 0.579. The summed E-state index contributed by atoms with van der Waals surface area (Å²) in [6, 6.07) is 20.6. The molecule has 0 bridgehead atoms. The summed E-state index contributed by atoms with van der Waals surface area (Å²) in [5.41, 5.74) is 2.69. The summed E-state index contributed by atoms with van der Waals surface area (Å²) >= 11 is 0. The number of fused-ring (bicyclic) bond motifs is 1. The highest BCUT2D eigenvalue weighted by Crippen LogP contribution is 2.23. The van der Waals surface area contributed by atoms with Gasteiger partial charge in [0.25, 0.3) is 5.56 Å². The number of aromatic nitrogens is 4. The zero-order valence-electron chi connectivity index (χ0n) is 16.1. The second-order valence-electron chi connectivity index (χ2n) is 6.73. The van der Waals surface area contributed by atoms with Crippen molar-refractivity contribution in [2.45, 2.75) is 6.92 Å². The summed E-state index contributed by atoms with van der Waals surface area (Å²) in [6.45, 7) is 1.76. The maximum Gasteiger partial charge on any atom is 0.282 e. The average Bonchev–Trinajstić information content (AvgIpc) is 3.44. The quantitative estimate of drug-likeness (QED) is 0.431. The molecule has 3 heterocycles. The van der Waals surface area contributed by atoms with Crippen molar-refractivity contribution in [1.82, 2.24) is 19.4 Å². The molecule has 0 aliphatic rings. The molecule has 0 N–H and O–H groups in total. The largest absolute Gasteiger partial charge is 0.463 e. The van der Waals surface area contributed by atoms with E-state index in [1.54, 1.807) is 36.2 Å². The summed E-state index contributed by atoms with van der Waals surface area (Å²) in [5.74, 6) is 1.12. The van der Waals surface area contributed by atoms with Gasteiger partial charge >= 0.3 is 0 Å². The molecule has 0 saturated carbocycles. The van der Waals surface area contributed by atoms with Gasteiger partial charge < -0.3 is 4.42 Å². The molecule has 2 aromatic carbocycles. The fraction of sp³-hybridized carbons (Fsp3) is 0.0435. The van der Waals surface area contributed by atoms with Gasteiger partial charge in [0.1, 0.15) is 11.5 Å². The monoisotopic (exact) mass is 395 g/mol. The lowest BCUT2D eigenvalue weighted by atomic mass is 10.2. The first-order chi connectivity index (χ1) is 14.7. The van der Waals surface area contributed by atoms with Gasteiger partial charge in [0.15, 0.2) is 5.76 Å². The number of hydrogen-bond acceptors (Lipinski definition) is 5. The molecule has 146 valence electrons. The SMILES string of the molecule is Cc1nc2ccccc2c(=O)n1N=Cc1cn(-c2ccccc2)nc1-c1ccco1. The van der Waals surface area contributed by atoms with Crippen molar-refractivity contribution >= 4 is 17.1 Å². The Kier molecular flexibility index (Phi) is 4.33. The first kappa shape index (κ1) is 17.8. The second-order valence-corrected chi connectivity index (χ2v) is 6.73. The summed E-state index contributed by atoms with van der Waals surface area (Å²) in [4.78, 5) is 17.4. The number of para-hydroxylation sites is 2. The molecule has 0 atom stereocenters. The van der Waals surface area contributed by atoms with E-state index in [1.165, 1.54) is 4.68 Å². The third-order valence-corrected chi connectivity index (χ3v) is 4.75. The van der Waals surface area contributed by atoms with Crippen LogP contribution in [0.2, 0.25) is 0 Å². The lowest BCUT2D eigenvalue weighted by Crippen LogP contribution is -2.20. The zero-order valence-corrected chi connectivity index (χ0v) is 16.1. The predicted molar refractivity (Wildman–Crippen MR) is 115 cm³/mol.